The third-order valence-corrected chi connectivity index (χ3v) is 2.73. The number of rotatable bonds is 3. The van der Waals surface area contributed by atoms with Gasteiger partial charge in [-0.25, -0.2) is 0 Å². The molecule has 1 aromatic heterocycles. The van der Waals surface area contributed by atoms with Crippen LogP contribution in [0.5, 0.6) is 0 Å². The van der Waals surface area contributed by atoms with Gasteiger partial charge in [-0.15, -0.1) is 0 Å². The second kappa shape index (κ2) is 4.59. The average molecular weight is 221 g/mol. The van der Waals surface area contributed by atoms with E-state index >= 15 is 0 Å². The minimum absolute atomic E-state index is 0.210. The van der Waals surface area contributed by atoms with E-state index in [-0.39, 0.29) is 11.8 Å². The van der Waals surface area contributed by atoms with E-state index < -0.39 is 5.91 Å². The number of primary amides is 1. The minimum Gasteiger partial charge on any atom is -0.392 e. The Morgan fingerprint density at radius 2 is 2.44 bits per heavy atom. The van der Waals surface area contributed by atoms with Crippen LogP contribution in [0.25, 0.3) is 0 Å². The molecule has 0 aliphatic carbocycles. The number of carbonyl (C=O) groups is 1. The van der Waals surface area contributed by atoms with Crippen molar-refractivity contribution in [2.45, 2.75) is 19.1 Å². The molecular formula is C11H15N3O2. The van der Waals surface area contributed by atoms with Crippen molar-refractivity contribution >= 4 is 5.91 Å². The van der Waals surface area contributed by atoms with Gasteiger partial charge in [-0.3, -0.25) is 14.7 Å². The molecule has 0 spiro atoms. The molecule has 1 saturated heterocycles. The van der Waals surface area contributed by atoms with Gasteiger partial charge in [0.15, 0.2) is 0 Å². The van der Waals surface area contributed by atoms with Crippen molar-refractivity contribution in [1.82, 2.24) is 9.88 Å². The summed E-state index contributed by atoms with van der Waals surface area (Å²) in [5.74, 6) is -0.511. The van der Waals surface area contributed by atoms with E-state index in [0.29, 0.717) is 6.54 Å². The molecule has 0 radical (unpaired) electrons. The number of pyridine rings is 1. The lowest BCUT2D eigenvalue weighted by Crippen LogP contribution is -2.21. The molecule has 16 heavy (non-hydrogen) atoms. The van der Waals surface area contributed by atoms with Gasteiger partial charge in [0, 0.05) is 25.8 Å². The number of hydrogen-bond acceptors (Lipinski definition) is 4. The van der Waals surface area contributed by atoms with Gasteiger partial charge in [0.05, 0.1) is 6.10 Å². The minimum atomic E-state index is -0.511. The van der Waals surface area contributed by atoms with Gasteiger partial charge in [0.2, 0.25) is 0 Å². The second-order valence-electron chi connectivity index (χ2n) is 4.09. The largest absolute Gasteiger partial charge is 0.392 e. The van der Waals surface area contributed by atoms with E-state index in [0.717, 1.165) is 25.1 Å². The molecule has 1 atom stereocenters. The fourth-order valence-electron chi connectivity index (χ4n) is 1.88. The summed E-state index contributed by atoms with van der Waals surface area (Å²) in [5, 5.41) is 9.38. The zero-order chi connectivity index (χ0) is 11.5. The number of β-amino-alcohol motifs (C(OH)–C–C–N with tert-alkyl or cyclic N) is 1. The Balaban J connectivity index is 1.97. The maximum atomic E-state index is 10.8. The molecule has 2 rings (SSSR count). The third kappa shape index (κ3) is 2.56. The van der Waals surface area contributed by atoms with Gasteiger partial charge in [0.1, 0.15) is 5.69 Å². The smallest absolute Gasteiger partial charge is 0.267 e. The van der Waals surface area contributed by atoms with Crippen molar-refractivity contribution < 1.29 is 9.90 Å². The van der Waals surface area contributed by atoms with Gasteiger partial charge in [-0.2, -0.15) is 0 Å². The van der Waals surface area contributed by atoms with Crippen molar-refractivity contribution in [3.63, 3.8) is 0 Å². The van der Waals surface area contributed by atoms with E-state index in [1.807, 2.05) is 6.07 Å². The van der Waals surface area contributed by atoms with Crippen LogP contribution in [-0.4, -0.2) is 40.1 Å². The molecule has 0 unspecified atom stereocenters. The standard InChI is InChI=1S/C11H15N3O2/c12-11(16)10-2-1-8(5-13-10)6-14-4-3-9(15)7-14/h1-2,5,9,15H,3-4,6-7H2,(H2,12,16)/t9-/m0/s1. The van der Waals surface area contributed by atoms with Gasteiger partial charge in [0.25, 0.3) is 5.91 Å². The van der Waals surface area contributed by atoms with Crippen LogP contribution in [0.15, 0.2) is 18.3 Å². The van der Waals surface area contributed by atoms with Crippen molar-refractivity contribution in [2.75, 3.05) is 13.1 Å². The summed E-state index contributed by atoms with van der Waals surface area (Å²) in [6.07, 6.45) is 2.27. The lowest BCUT2D eigenvalue weighted by atomic mass is 10.2. The molecule has 86 valence electrons. The molecule has 1 amide bonds. The highest BCUT2D eigenvalue weighted by atomic mass is 16.3. The van der Waals surface area contributed by atoms with Gasteiger partial charge < -0.3 is 10.8 Å². The van der Waals surface area contributed by atoms with Crippen molar-refractivity contribution in [3.8, 4) is 0 Å². The Hall–Kier alpha value is -1.46. The monoisotopic (exact) mass is 221 g/mol. The summed E-state index contributed by atoms with van der Waals surface area (Å²) in [6.45, 7) is 2.36. The summed E-state index contributed by atoms with van der Waals surface area (Å²) < 4.78 is 0. The zero-order valence-electron chi connectivity index (χ0n) is 8.97. The van der Waals surface area contributed by atoms with Crippen LogP contribution in [0.3, 0.4) is 0 Å². The summed E-state index contributed by atoms with van der Waals surface area (Å²) in [6, 6.07) is 3.47. The topological polar surface area (TPSA) is 79.5 Å². The van der Waals surface area contributed by atoms with Crippen LogP contribution >= 0.6 is 0 Å². The van der Waals surface area contributed by atoms with Crippen LogP contribution in [0.1, 0.15) is 22.5 Å². The molecule has 1 aromatic rings. The van der Waals surface area contributed by atoms with Gasteiger partial charge >= 0.3 is 0 Å². The number of aliphatic hydroxyl groups is 1. The van der Waals surface area contributed by atoms with Crippen molar-refractivity contribution in [2.24, 2.45) is 5.73 Å². The first-order chi connectivity index (χ1) is 7.65. The zero-order valence-corrected chi connectivity index (χ0v) is 8.97. The Morgan fingerprint density at radius 3 is 2.94 bits per heavy atom. The molecule has 0 bridgehead atoms. The number of likely N-dealkylation sites (tertiary alicyclic amines) is 1. The normalized spacial score (nSPS) is 21.2. The lowest BCUT2D eigenvalue weighted by molar-refractivity contribution is 0.0995. The molecule has 0 aromatic carbocycles. The predicted molar refractivity (Wildman–Crippen MR) is 58.7 cm³/mol. The maximum Gasteiger partial charge on any atom is 0.267 e. The first-order valence-electron chi connectivity index (χ1n) is 5.30. The van der Waals surface area contributed by atoms with Crippen LogP contribution < -0.4 is 5.73 Å². The lowest BCUT2D eigenvalue weighted by Gasteiger charge is -2.14. The van der Waals surface area contributed by atoms with Crippen molar-refractivity contribution in [3.05, 3.63) is 29.6 Å². The summed E-state index contributed by atoms with van der Waals surface area (Å²) in [7, 11) is 0. The molecule has 5 nitrogen and oxygen atoms in total. The number of aliphatic hydroxyl groups excluding tert-OH is 1. The Morgan fingerprint density at radius 1 is 1.62 bits per heavy atom. The SMILES string of the molecule is NC(=O)c1ccc(CN2CC[C@H](O)C2)cn1. The highest BCUT2D eigenvalue weighted by molar-refractivity contribution is 5.90. The molecule has 5 heteroatoms. The molecule has 1 aliphatic rings. The van der Waals surface area contributed by atoms with E-state index in [1.165, 1.54) is 0 Å². The average Bonchev–Trinajstić information content (AvgIpc) is 2.65. The summed E-state index contributed by atoms with van der Waals surface area (Å²) in [5.41, 5.74) is 6.41. The van der Waals surface area contributed by atoms with Crippen molar-refractivity contribution in [1.29, 1.82) is 0 Å². The van der Waals surface area contributed by atoms with E-state index in [9.17, 15) is 9.90 Å². The molecular weight excluding hydrogens is 206 g/mol. The molecule has 1 aliphatic heterocycles. The van der Waals surface area contributed by atoms with E-state index in [1.54, 1.807) is 12.3 Å². The highest BCUT2D eigenvalue weighted by Gasteiger charge is 2.19. The predicted octanol–water partition coefficient (Wildman–Crippen LogP) is -0.253. The second-order valence-corrected chi connectivity index (χ2v) is 4.09. The van der Waals surface area contributed by atoms with Crippen LogP contribution in [0.4, 0.5) is 0 Å². The van der Waals surface area contributed by atoms with Crippen LogP contribution in [-0.2, 0) is 6.54 Å². The summed E-state index contributed by atoms with van der Waals surface area (Å²) >= 11 is 0. The first kappa shape index (κ1) is 11.0. The van der Waals surface area contributed by atoms with Gasteiger partial charge in [-0.05, 0) is 18.1 Å². The van der Waals surface area contributed by atoms with Gasteiger partial charge in [-0.1, -0.05) is 6.07 Å². The third-order valence-electron chi connectivity index (χ3n) is 2.73. The molecule has 2 heterocycles. The number of carbonyl (C=O) groups excluding carboxylic acids is 1. The molecule has 3 N–H and O–H groups in total. The molecule has 0 saturated carbocycles. The molecule has 1 fully saturated rings. The number of nitrogens with two attached hydrogens (primary N) is 1. The Kier molecular flexibility index (Phi) is 3.17. The Bertz CT molecular complexity index is 377. The number of aromatic nitrogens is 1. The fraction of sp³-hybridized carbons (Fsp3) is 0.455. The van der Waals surface area contributed by atoms with Crippen LogP contribution in [0.2, 0.25) is 0 Å². The highest BCUT2D eigenvalue weighted by Crippen LogP contribution is 2.12. The number of amides is 1. The summed E-state index contributed by atoms with van der Waals surface area (Å²) in [4.78, 5) is 16.9. The first-order valence-corrected chi connectivity index (χ1v) is 5.30. The van der Waals surface area contributed by atoms with Crippen LogP contribution in [0, 0.1) is 0 Å². The van der Waals surface area contributed by atoms with E-state index in [4.69, 9.17) is 5.73 Å². The Labute approximate surface area is 93.9 Å². The maximum absolute atomic E-state index is 10.8. The number of hydrogen-bond donors (Lipinski definition) is 2. The van der Waals surface area contributed by atoms with E-state index in [2.05, 4.69) is 9.88 Å². The quantitative estimate of drug-likeness (QED) is 0.737. The number of nitrogens with zero attached hydrogens (tertiary/aromatic N) is 2. The fourth-order valence-corrected chi connectivity index (χ4v) is 1.88.